The van der Waals surface area contributed by atoms with Crippen molar-refractivity contribution in [1.29, 1.82) is 0 Å². The van der Waals surface area contributed by atoms with Crippen LogP contribution >= 0.6 is 0 Å². The van der Waals surface area contributed by atoms with Crippen LogP contribution in [0.4, 0.5) is 0 Å². The molecule has 0 saturated carbocycles. The highest BCUT2D eigenvalue weighted by Crippen LogP contribution is 2.30. The molecule has 8 aliphatic rings. The molecule has 128 heavy (non-hydrogen) atoms. The fourth-order valence-electron chi connectivity index (χ4n) is 13.0. The molecule has 8 aliphatic heterocycles. The molecule has 20 rings (SSSR count). The van der Waals surface area contributed by atoms with E-state index in [1.807, 2.05) is 24.3 Å². The van der Waals surface area contributed by atoms with Crippen molar-refractivity contribution in [1.82, 2.24) is 0 Å². The number of hydrogen-bond acceptors (Lipinski definition) is 24. The molecule has 12 aromatic carbocycles. The molecule has 8 unspecified atom stereocenters. The maximum atomic E-state index is 13.0. The van der Waals surface area contributed by atoms with Crippen LogP contribution in [0.15, 0.2) is 291 Å². The fourth-order valence-corrected chi connectivity index (χ4v) is 13.0. The first-order valence-corrected chi connectivity index (χ1v) is 42.2. The van der Waals surface area contributed by atoms with Gasteiger partial charge < -0.3 is 75.8 Å². The van der Waals surface area contributed by atoms with Gasteiger partial charge in [-0.3, -0.25) is 38.4 Å². The van der Waals surface area contributed by atoms with Crippen molar-refractivity contribution in [3.8, 4) is 46.0 Å². The first-order chi connectivity index (χ1) is 62.6. The van der Waals surface area contributed by atoms with E-state index in [1.165, 1.54) is 0 Å². The summed E-state index contributed by atoms with van der Waals surface area (Å²) >= 11 is 0. The molecule has 24 nitrogen and oxygen atoms in total. The average molecular weight is 1720 g/mol. The second-order valence-corrected chi connectivity index (χ2v) is 31.3. The third-order valence-electron chi connectivity index (χ3n) is 21.1. The zero-order valence-electron chi connectivity index (χ0n) is 69.4. The lowest BCUT2D eigenvalue weighted by atomic mass is 9.97. The van der Waals surface area contributed by atoms with Gasteiger partial charge in [0.15, 0.2) is 46.3 Å². The molecule has 0 aliphatic carbocycles. The van der Waals surface area contributed by atoms with Gasteiger partial charge >= 0.3 is 0 Å². The minimum Gasteiger partial charge on any atom is -0.491 e. The quantitative estimate of drug-likeness (QED) is 0.0254. The van der Waals surface area contributed by atoms with E-state index in [0.29, 0.717) is 201 Å². The summed E-state index contributed by atoms with van der Waals surface area (Å²) in [6.07, 6.45) is 1.32. The van der Waals surface area contributed by atoms with E-state index in [1.54, 1.807) is 267 Å². The lowest BCUT2D eigenvalue weighted by molar-refractivity contribution is 0.102. The summed E-state index contributed by atoms with van der Waals surface area (Å²) in [5, 5.41) is 0. The summed E-state index contributed by atoms with van der Waals surface area (Å²) < 4.78 is 86.1. The Bertz CT molecular complexity index is 5590. The van der Waals surface area contributed by atoms with Crippen LogP contribution in [0.25, 0.3) is 0 Å². The Hall–Kier alpha value is -13.9. The number of rotatable bonds is 40. The molecule has 0 amide bonds. The van der Waals surface area contributed by atoms with Crippen LogP contribution in [0.3, 0.4) is 0 Å². The van der Waals surface area contributed by atoms with Crippen molar-refractivity contribution in [2.45, 2.75) is 48.8 Å². The van der Waals surface area contributed by atoms with E-state index in [9.17, 15) is 38.4 Å². The molecular formula is C104H88O24. The van der Waals surface area contributed by atoms with Gasteiger partial charge in [-0.15, -0.1) is 0 Å². The second-order valence-electron chi connectivity index (χ2n) is 31.3. The average Bonchev–Trinajstić information content (AvgIpc) is 1.78. The standard InChI is InChI=1S/4C26H22O6/c27-25(19-6-2-8-21(11-19)29-13-23-15-31-23)17-4-1-5-18(10-17)26(28)20-7-3-9-22(12-20)30-14-24-16-32-24;27-25(19-3-1-5-21(11-19)29-13-23-15-31-23)17-7-9-18(10-8-17)26(28)20-4-2-6-22(12-20)30-14-24-16-32-24;27-25(19-5-9-21(10-6-19)29-13-23-15-31-23)17-1-2-18(4-3-17)26(28)20-7-11-22(12-8-20)30-14-24-16-32-24;27-25(17-4-8-21(9-5-17)29-13-23-15-31-23)19-2-1-3-20(12-19)26(28)18-6-10-22(11-7-18)30-14-24-16-32-24/h4*1-12,23-24H,13-16H2. The second kappa shape index (κ2) is 41.0. The molecule has 0 bridgehead atoms. The molecular weight excluding hydrogens is 1630 g/mol. The van der Waals surface area contributed by atoms with Gasteiger partial charge in [0.25, 0.3) is 0 Å². The number of ether oxygens (including phenoxy) is 16. The molecule has 0 spiro atoms. The zero-order valence-corrected chi connectivity index (χ0v) is 69.4. The molecule has 0 N–H and O–H groups in total. The van der Waals surface area contributed by atoms with Crippen molar-refractivity contribution in [2.75, 3.05) is 106 Å². The Morgan fingerprint density at radius 2 is 0.289 bits per heavy atom. The minimum absolute atomic E-state index is 0.109. The van der Waals surface area contributed by atoms with Gasteiger partial charge in [-0.05, 0) is 158 Å². The Labute approximate surface area is 737 Å². The molecule has 12 aromatic rings. The summed E-state index contributed by atoms with van der Waals surface area (Å²) in [4.78, 5) is 103. The van der Waals surface area contributed by atoms with Crippen LogP contribution in [0, 0.1) is 0 Å². The third-order valence-corrected chi connectivity index (χ3v) is 21.1. The first-order valence-electron chi connectivity index (χ1n) is 42.2. The smallest absolute Gasteiger partial charge is 0.193 e. The summed E-state index contributed by atoms with van der Waals surface area (Å²) in [5.41, 5.74) is 8.11. The van der Waals surface area contributed by atoms with E-state index in [-0.39, 0.29) is 95.1 Å². The van der Waals surface area contributed by atoms with E-state index < -0.39 is 0 Å². The molecule has 8 atom stereocenters. The zero-order chi connectivity index (χ0) is 87.7. The van der Waals surface area contributed by atoms with Crippen LogP contribution in [0.1, 0.15) is 127 Å². The fraction of sp³-hybridized carbons (Fsp3) is 0.231. The molecule has 0 aromatic heterocycles. The maximum absolute atomic E-state index is 13.0. The highest BCUT2D eigenvalue weighted by Gasteiger charge is 2.30. The lowest BCUT2D eigenvalue weighted by Gasteiger charge is -2.09. The van der Waals surface area contributed by atoms with E-state index in [0.717, 1.165) is 39.6 Å². The van der Waals surface area contributed by atoms with Crippen molar-refractivity contribution in [3.05, 3.63) is 380 Å². The van der Waals surface area contributed by atoms with Crippen molar-refractivity contribution in [2.24, 2.45) is 0 Å². The van der Waals surface area contributed by atoms with E-state index >= 15 is 0 Å². The SMILES string of the molecule is O=C(c1ccc(C(=O)c2cccc(OCC3CO3)c2)cc1)c1cccc(OCC2CO2)c1.O=C(c1ccc(OCC2CO2)cc1)c1ccc(C(=O)c2ccc(OCC3CO3)cc2)cc1.O=C(c1ccc(OCC2CO2)cc1)c1cccc(C(=O)c2ccc(OCC3CO3)cc2)c1.O=C(c1cccc(OCC2CO2)c1)c1cccc(C(=O)c2cccc(OCC3CO3)c2)c1. The highest BCUT2D eigenvalue weighted by molar-refractivity contribution is 6.16. The first kappa shape index (κ1) is 86.2. The number of benzene rings is 12. The predicted molar refractivity (Wildman–Crippen MR) is 467 cm³/mol. The topological polar surface area (TPSA) is 311 Å². The summed E-state index contributed by atoms with van der Waals surface area (Å²) in [7, 11) is 0. The van der Waals surface area contributed by atoms with Crippen LogP contribution < -0.4 is 37.9 Å². The van der Waals surface area contributed by atoms with Crippen LogP contribution in [-0.4, -0.2) is 201 Å². The van der Waals surface area contributed by atoms with Crippen LogP contribution in [-0.2, 0) is 37.9 Å². The largest absolute Gasteiger partial charge is 0.491 e. The highest BCUT2D eigenvalue weighted by atomic mass is 16.6. The molecule has 24 heteroatoms. The van der Waals surface area contributed by atoms with Crippen LogP contribution in [0.2, 0.25) is 0 Å². The summed E-state index contributed by atoms with van der Waals surface area (Å²) in [6, 6.07) is 83.2. The van der Waals surface area contributed by atoms with Gasteiger partial charge in [0.2, 0.25) is 0 Å². The van der Waals surface area contributed by atoms with Gasteiger partial charge in [0.1, 0.15) is 148 Å². The number of epoxide rings is 8. The molecule has 8 saturated heterocycles. The molecule has 0 radical (unpaired) electrons. The Kier molecular flexibility index (Phi) is 27.6. The number of carbonyl (C=O) groups is 8. The van der Waals surface area contributed by atoms with Gasteiger partial charge in [-0.25, -0.2) is 0 Å². The number of carbonyl (C=O) groups excluding carboxylic acids is 8. The number of hydrogen-bond donors (Lipinski definition) is 0. The molecule has 648 valence electrons. The normalized spacial score (nSPS) is 18.6. The maximum Gasteiger partial charge on any atom is 0.193 e. The van der Waals surface area contributed by atoms with Crippen molar-refractivity contribution in [3.63, 3.8) is 0 Å². The predicted octanol–water partition coefficient (Wildman–Crippen LogP) is 14.8. The van der Waals surface area contributed by atoms with Crippen LogP contribution in [0.5, 0.6) is 46.0 Å². The van der Waals surface area contributed by atoms with Crippen molar-refractivity contribution < 1.29 is 114 Å². The number of ketones is 8. The van der Waals surface area contributed by atoms with E-state index in [4.69, 9.17) is 75.8 Å². The van der Waals surface area contributed by atoms with Gasteiger partial charge in [-0.2, -0.15) is 0 Å². The van der Waals surface area contributed by atoms with Crippen molar-refractivity contribution >= 4 is 46.3 Å². The lowest BCUT2D eigenvalue weighted by Crippen LogP contribution is -2.08. The Balaban J connectivity index is 0.000000120. The Morgan fingerprint density at radius 1 is 0.164 bits per heavy atom. The van der Waals surface area contributed by atoms with Gasteiger partial charge in [-0.1, -0.05) is 133 Å². The third kappa shape index (κ3) is 25.2. The van der Waals surface area contributed by atoms with Gasteiger partial charge in [0, 0.05) is 89.0 Å². The Morgan fingerprint density at radius 3 is 0.453 bits per heavy atom. The monoisotopic (exact) mass is 1720 g/mol. The molecule has 8 heterocycles. The molecule has 8 fully saturated rings. The minimum atomic E-state index is -0.172. The van der Waals surface area contributed by atoms with Gasteiger partial charge in [0.05, 0.1) is 52.9 Å². The van der Waals surface area contributed by atoms with E-state index in [2.05, 4.69) is 0 Å². The summed E-state index contributed by atoms with van der Waals surface area (Å²) in [6.45, 7) is 9.79. The summed E-state index contributed by atoms with van der Waals surface area (Å²) in [5.74, 6) is 4.17.